The zero-order valence-electron chi connectivity index (χ0n) is 28.7. The average Bonchev–Trinajstić information content (AvgIpc) is 3.49. The van der Waals surface area contributed by atoms with E-state index in [1.807, 2.05) is 63.4 Å². The van der Waals surface area contributed by atoms with Gasteiger partial charge in [0.15, 0.2) is 11.5 Å². The van der Waals surface area contributed by atoms with Gasteiger partial charge < -0.3 is 29.4 Å². The molecule has 256 valence electrons. The van der Waals surface area contributed by atoms with Gasteiger partial charge in [-0.15, -0.1) is 0 Å². The molecule has 0 spiro atoms. The Morgan fingerprint density at radius 1 is 0.936 bits per heavy atom. The van der Waals surface area contributed by atoms with Crippen molar-refractivity contribution in [1.29, 1.82) is 0 Å². The van der Waals surface area contributed by atoms with Crippen LogP contribution in [0.5, 0.6) is 17.2 Å². The number of amides is 2. The quantitative estimate of drug-likeness (QED) is 0.240. The first-order valence-electron chi connectivity index (χ1n) is 17.5. The molecule has 10 nitrogen and oxygen atoms in total. The summed E-state index contributed by atoms with van der Waals surface area (Å²) in [5.74, 6) is 1.46. The minimum absolute atomic E-state index is 0.124. The van der Waals surface area contributed by atoms with Crippen molar-refractivity contribution in [3.63, 3.8) is 0 Å². The molecular weight excluding hydrogens is 594 g/mol. The molecule has 1 atom stereocenters. The van der Waals surface area contributed by atoms with Crippen LogP contribution in [0.15, 0.2) is 42.6 Å². The maximum absolute atomic E-state index is 14.1. The molecule has 47 heavy (non-hydrogen) atoms. The number of likely N-dealkylation sites (N-methyl/N-ethyl adjacent to an activating group) is 1. The zero-order valence-corrected chi connectivity index (χ0v) is 28.7. The van der Waals surface area contributed by atoms with Crippen LogP contribution in [0.2, 0.25) is 0 Å². The lowest BCUT2D eigenvalue weighted by Crippen LogP contribution is -2.55. The molecule has 5 rings (SSSR count). The lowest BCUT2D eigenvalue weighted by atomic mass is 9.94. The van der Waals surface area contributed by atoms with Crippen LogP contribution >= 0.6 is 0 Å². The summed E-state index contributed by atoms with van der Waals surface area (Å²) < 4.78 is 17.7. The molecule has 3 aromatic rings. The molecule has 1 aliphatic heterocycles. The number of aromatic amines is 1. The first-order valence-corrected chi connectivity index (χ1v) is 17.5. The van der Waals surface area contributed by atoms with Crippen LogP contribution in [-0.4, -0.2) is 103 Å². The molecule has 1 saturated heterocycles. The van der Waals surface area contributed by atoms with Crippen LogP contribution in [0.3, 0.4) is 0 Å². The zero-order chi connectivity index (χ0) is 33.2. The Hall–Kier alpha value is -3.76. The number of aromatic nitrogens is 1. The Labute approximate surface area is 279 Å². The molecule has 1 aromatic heterocycles. The summed E-state index contributed by atoms with van der Waals surface area (Å²) in [4.78, 5) is 37.5. The van der Waals surface area contributed by atoms with Crippen molar-refractivity contribution in [1.82, 2.24) is 25.0 Å². The fourth-order valence-corrected chi connectivity index (χ4v) is 7.05. The molecule has 2 fully saturated rings. The van der Waals surface area contributed by atoms with Crippen molar-refractivity contribution in [2.45, 2.75) is 77.9 Å². The molecule has 2 heterocycles. The van der Waals surface area contributed by atoms with Gasteiger partial charge in [0.2, 0.25) is 17.6 Å². The van der Waals surface area contributed by atoms with Crippen molar-refractivity contribution in [3.8, 4) is 17.2 Å². The van der Waals surface area contributed by atoms with Gasteiger partial charge in [-0.2, -0.15) is 0 Å². The van der Waals surface area contributed by atoms with Gasteiger partial charge in [-0.1, -0.05) is 37.5 Å². The highest BCUT2D eigenvalue weighted by molar-refractivity contribution is 5.90. The highest BCUT2D eigenvalue weighted by atomic mass is 16.5. The Bertz CT molecular complexity index is 1430. The second-order valence-corrected chi connectivity index (χ2v) is 12.7. The van der Waals surface area contributed by atoms with E-state index in [0.717, 1.165) is 48.2 Å². The van der Waals surface area contributed by atoms with E-state index in [9.17, 15) is 9.59 Å². The Kier molecular flexibility index (Phi) is 12.4. The first-order chi connectivity index (χ1) is 22.9. The van der Waals surface area contributed by atoms with Gasteiger partial charge in [0.25, 0.3) is 0 Å². The summed E-state index contributed by atoms with van der Waals surface area (Å²) in [5, 5.41) is 4.18. The standard InChI is InChI=1S/C37H53N5O5/c1-5-45-33-21-27(22-34(46-6-2)36(33)47-7-3)25-40(4)37(44)32(23-28-24-38-31-16-12-11-15-30(28)31)39-35(43)26-41-17-19-42(20-18-41)29-13-9-8-10-14-29/h11-12,15-16,21-22,24,29,32,38H,5-10,13-14,17-20,23,25-26H2,1-4H3,(H,39,43). The Balaban J connectivity index is 1.29. The number of rotatable bonds is 15. The number of carbonyl (C=O) groups excluding carboxylic acids is 2. The van der Waals surface area contributed by atoms with Gasteiger partial charge in [-0.3, -0.25) is 19.4 Å². The Morgan fingerprint density at radius 2 is 1.60 bits per heavy atom. The fourth-order valence-electron chi connectivity index (χ4n) is 7.05. The first kappa shape index (κ1) is 34.6. The lowest BCUT2D eigenvalue weighted by Gasteiger charge is -2.40. The molecule has 2 aromatic carbocycles. The molecular formula is C37H53N5O5. The van der Waals surface area contributed by atoms with Crippen LogP contribution < -0.4 is 19.5 Å². The lowest BCUT2D eigenvalue weighted by molar-refractivity contribution is -0.136. The number of fused-ring (bicyclic) bond motifs is 1. The van der Waals surface area contributed by atoms with E-state index in [-0.39, 0.29) is 18.4 Å². The largest absolute Gasteiger partial charge is 0.490 e. The summed E-state index contributed by atoms with van der Waals surface area (Å²) in [5.41, 5.74) is 2.85. The van der Waals surface area contributed by atoms with Gasteiger partial charge in [0.05, 0.1) is 26.4 Å². The highest BCUT2D eigenvalue weighted by Crippen LogP contribution is 2.39. The summed E-state index contributed by atoms with van der Waals surface area (Å²) in [6.07, 6.45) is 8.92. The average molecular weight is 648 g/mol. The van der Waals surface area contributed by atoms with E-state index in [0.29, 0.717) is 56.1 Å². The monoisotopic (exact) mass is 647 g/mol. The van der Waals surface area contributed by atoms with Gasteiger partial charge in [0, 0.05) is 69.3 Å². The topological polar surface area (TPSA) is 99.4 Å². The SMILES string of the molecule is CCOc1cc(CN(C)C(=O)C(Cc2c[nH]c3ccccc23)NC(=O)CN2CCN(C3CCCCC3)CC2)cc(OCC)c1OCC. The number of benzene rings is 2. The number of hydrogen-bond donors (Lipinski definition) is 2. The molecule has 0 radical (unpaired) electrons. The van der Waals surface area contributed by atoms with Gasteiger partial charge in [-0.05, 0) is 62.9 Å². The van der Waals surface area contributed by atoms with Crippen LogP contribution in [-0.2, 0) is 22.6 Å². The fraction of sp³-hybridized carbons (Fsp3) is 0.568. The molecule has 2 aliphatic rings. The van der Waals surface area contributed by atoms with Crippen LogP contribution in [0.25, 0.3) is 10.9 Å². The molecule has 1 aliphatic carbocycles. The highest BCUT2D eigenvalue weighted by Gasteiger charge is 2.29. The third-order valence-corrected chi connectivity index (χ3v) is 9.36. The van der Waals surface area contributed by atoms with Crippen molar-refractivity contribution >= 4 is 22.7 Å². The number of hydrogen-bond acceptors (Lipinski definition) is 7. The molecule has 10 heteroatoms. The third kappa shape index (κ3) is 8.99. The van der Waals surface area contributed by atoms with E-state index in [1.165, 1.54) is 32.1 Å². The predicted molar refractivity (Wildman–Crippen MR) is 185 cm³/mol. The van der Waals surface area contributed by atoms with E-state index >= 15 is 0 Å². The summed E-state index contributed by atoms with van der Waals surface area (Å²) in [6, 6.07) is 11.8. The predicted octanol–water partition coefficient (Wildman–Crippen LogP) is 5.00. The van der Waals surface area contributed by atoms with Crippen molar-refractivity contribution < 1.29 is 23.8 Å². The number of piperazine rings is 1. The summed E-state index contributed by atoms with van der Waals surface area (Å²) >= 11 is 0. The van der Waals surface area contributed by atoms with Crippen LogP contribution in [0.1, 0.15) is 64.0 Å². The van der Waals surface area contributed by atoms with Gasteiger partial charge in [-0.25, -0.2) is 0 Å². The smallest absolute Gasteiger partial charge is 0.245 e. The van der Waals surface area contributed by atoms with E-state index in [2.05, 4.69) is 20.1 Å². The van der Waals surface area contributed by atoms with Crippen molar-refractivity contribution in [2.24, 2.45) is 0 Å². The summed E-state index contributed by atoms with van der Waals surface area (Å²) in [7, 11) is 1.78. The van der Waals surface area contributed by atoms with Crippen LogP contribution in [0, 0.1) is 0 Å². The van der Waals surface area contributed by atoms with Gasteiger partial charge in [0.1, 0.15) is 6.04 Å². The number of ether oxygens (including phenoxy) is 3. The normalized spacial score (nSPS) is 16.9. The number of carbonyl (C=O) groups is 2. The molecule has 1 unspecified atom stereocenters. The van der Waals surface area contributed by atoms with Crippen LogP contribution in [0.4, 0.5) is 0 Å². The summed E-state index contributed by atoms with van der Waals surface area (Å²) in [6.45, 7) is 11.5. The van der Waals surface area contributed by atoms with Crippen molar-refractivity contribution in [2.75, 3.05) is 59.6 Å². The number of H-pyrrole nitrogens is 1. The van der Waals surface area contributed by atoms with Crippen molar-refractivity contribution in [3.05, 3.63) is 53.7 Å². The molecule has 1 saturated carbocycles. The molecule has 2 amide bonds. The number of nitrogens with one attached hydrogen (secondary N) is 2. The number of para-hydroxylation sites is 1. The maximum Gasteiger partial charge on any atom is 0.245 e. The van der Waals surface area contributed by atoms with E-state index in [4.69, 9.17) is 14.2 Å². The minimum atomic E-state index is -0.726. The minimum Gasteiger partial charge on any atom is -0.490 e. The number of nitrogens with zero attached hydrogens (tertiary/aromatic N) is 3. The molecule has 0 bridgehead atoms. The second kappa shape index (κ2) is 16.9. The van der Waals surface area contributed by atoms with Gasteiger partial charge >= 0.3 is 0 Å². The maximum atomic E-state index is 14.1. The molecule has 2 N–H and O–H groups in total. The third-order valence-electron chi connectivity index (χ3n) is 9.36. The Morgan fingerprint density at radius 3 is 2.26 bits per heavy atom. The second-order valence-electron chi connectivity index (χ2n) is 12.7. The van der Waals surface area contributed by atoms with E-state index < -0.39 is 6.04 Å². The van der Waals surface area contributed by atoms with E-state index in [1.54, 1.807) is 11.9 Å².